The van der Waals surface area contributed by atoms with Crippen LogP contribution in [0.3, 0.4) is 0 Å². The van der Waals surface area contributed by atoms with Crippen LogP contribution in [0.15, 0.2) is 41.2 Å². The van der Waals surface area contributed by atoms with Crippen LogP contribution in [0.1, 0.15) is 0 Å². The van der Waals surface area contributed by atoms with E-state index in [1.807, 2.05) is 24.3 Å². The molecule has 2 rings (SSSR count). The minimum absolute atomic E-state index is 0.122. The molecular weight excluding hydrogens is 238 g/mol. The molecule has 4 heteroatoms. The van der Waals surface area contributed by atoms with E-state index in [9.17, 15) is 4.79 Å². The van der Waals surface area contributed by atoms with E-state index in [2.05, 4.69) is 0 Å². The third kappa shape index (κ3) is 2.34. The van der Waals surface area contributed by atoms with Crippen molar-refractivity contribution < 1.29 is 4.74 Å². The Morgan fingerprint density at radius 3 is 2.29 bits per heavy atom. The van der Waals surface area contributed by atoms with Crippen molar-refractivity contribution in [2.75, 3.05) is 7.11 Å². The molecule has 17 heavy (non-hydrogen) atoms. The average molecular weight is 250 g/mol. The van der Waals surface area contributed by atoms with Gasteiger partial charge in [0.25, 0.3) is 5.56 Å². The summed E-state index contributed by atoms with van der Waals surface area (Å²) in [6, 6.07) is 10.8. The molecule has 0 bridgehead atoms. The molecule has 88 valence electrons. The fourth-order valence-electron chi connectivity index (χ4n) is 1.55. The van der Waals surface area contributed by atoms with Gasteiger partial charge in [-0.2, -0.15) is 0 Å². The first-order valence-electron chi connectivity index (χ1n) is 5.13. The van der Waals surface area contributed by atoms with Crippen molar-refractivity contribution in [2.45, 2.75) is 0 Å². The largest absolute Gasteiger partial charge is 0.497 e. The SMILES string of the molecule is COc1ccc(-c2cc(Cl)n(C)c(=O)c2)cc1. The van der Waals surface area contributed by atoms with Gasteiger partial charge in [0.05, 0.1) is 7.11 Å². The minimum atomic E-state index is -0.122. The highest BCUT2D eigenvalue weighted by atomic mass is 35.5. The maximum atomic E-state index is 11.6. The van der Waals surface area contributed by atoms with Crippen LogP contribution in [0.5, 0.6) is 5.75 Å². The number of hydrogen-bond donors (Lipinski definition) is 0. The number of methoxy groups -OCH3 is 1. The second-order valence-corrected chi connectivity index (χ2v) is 4.08. The second-order valence-electron chi connectivity index (χ2n) is 3.69. The number of benzene rings is 1. The van der Waals surface area contributed by atoms with Crippen molar-refractivity contribution in [3.63, 3.8) is 0 Å². The molecule has 0 aliphatic heterocycles. The average Bonchev–Trinajstić information content (AvgIpc) is 2.35. The van der Waals surface area contributed by atoms with Crippen molar-refractivity contribution >= 4 is 11.6 Å². The fraction of sp³-hybridized carbons (Fsp3) is 0.154. The van der Waals surface area contributed by atoms with E-state index in [4.69, 9.17) is 16.3 Å². The van der Waals surface area contributed by atoms with Gasteiger partial charge in [-0.05, 0) is 29.3 Å². The summed E-state index contributed by atoms with van der Waals surface area (Å²) in [5, 5.41) is 0.420. The van der Waals surface area contributed by atoms with Crippen LogP contribution in [0.2, 0.25) is 5.15 Å². The Balaban J connectivity index is 2.49. The Morgan fingerprint density at radius 2 is 1.76 bits per heavy atom. The standard InChI is InChI=1S/C13H12ClNO2/c1-15-12(14)7-10(8-13(15)16)9-3-5-11(17-2)6-4-9/h3-8H,1-2H3. The third-order valence-electron chi connectivity index (χ3n) is 2.63. The number of aromatic nitrogens is 1. The number of nitrogens with zero attached hydrogens (tertiary/aromatic N) is 1. The van der Waals surface area contributed by atoms with Gasteiger partial charge in [-0.1, -0.05) is 23.7 Å². The van der Waals surface area contributed by atoms with E-state index < -0.39 is 0 Å². The van der Waals surface area contributed by atoms with Crippen molar-refractivity contribution in [1.82, 2.24) is 4.57 Å². The number of pyridine rings is 1. The number of rotatable bonds is 2. The second kappa shape index (κ2) is 4.63. The molecule has 1 aromatic carbocycles. The molecule has 0 aliphatic carbocycles. The number of hydrogen-bond acceptors (Lipinski definition) is 2. The molecule has 1 aromatic heterocycles. The molecule has 0 aliphatic rings. The van der Waals surface area contributed by atoms with E-state index >= 15 is 0 Å². The predicted octanol–water partition coefficient (Wildman–Crippen LogP) is 2.71. The lowest BCUT2D eigenvalue weighted by Crippen LogP contribution is -2.15. The Kier molecular flexibility index (Phi) is 3.20. The monoisotopic (exact) mass is 249 g/mol. The molecule has 0 unspecified atom stereocenters. The fourth-order valence-corrected chi connectivity index (χ4v) is 1.75. The summed E-state index contributed by atoms with van der Waals surface area (Å²) in [6.07, 6.45) is 0. The zero-order chi connectivity index (χ0) is 12.4. The third-order valence-corrected chi connectivity index (χ3v) is 2.99. The molecule has 0 amide bonds. The zero-order valence-corrected chi connectivity index (χ0v) is 10.4. The van der Waals surface area contributed by atoms with Crippen LogP contribution >= 0.6 is 11.6 Å². The highest BCUT2D eigenvalue weighted by Gasteiger charge is 2.04. The highest BCUT2D eigenvalue weighted by Crippen LogP contribution is 2.23. The summed E-state index contributed by atoms with van der Waals surface area (Å²) in [4.78, 5) is 11.6. The normalized spacial score (nSPS) is 10.3. The zero-order valence-electron chi connectivity index (χ0n) is 9.61. The van der Waals surface area contributed by atoms with Crippen molar-refractivity contribution in [3.05, 3.63) is 51.9 Å². The molecule has 0 fully saturated rings. The van der Waals surface area contributed by atoms with Crippen molar-refractivity contribution in [3.8, 4) is 16.9 Å². The van der Waals surface area contributed by atoms with Gasteiger partial charge < -0.3 is 9.30 Å². The lowest BCUT2D eigenvalue weighted by atomic mass is 10.1. The van der Waals surface area contributed by atoms with Gasteiger partial charge in [0.15, 0.2) is 0 Å². The lowest BCUT2D eigenvalue weighted by Gasteiger charge is -2.06. The van der Waals surface area contributed by atoms with Crippen LogP contribution < -0.4 is 10.3 Å². The van der Waals surface area contributed by atoms with Gasteiger partial charge in [0, 0.05) is 13.1 Å². The highest BCUT2D eigenvalue weighted by molar-refractivity contribution is 6.29. The van der Waals surface area contributed by atoms with Gasteiger partial charge in [-0.25, -0.2) is 0 Å². The van der Waals surface area contributed by atoms with Crippen LogP contribution in [-0.4, -0.2) is 11.7 Å². The molecule has 0 atom stereocenters. The number of ether oxygens (including phenoxy) is 1. The van der Waals surface area contributed by atoms with Crippen LogP contribution in [0.25, 0.3) is 11.1 Å². The summed E-state index contributed by atoms with van der Waals surface area (Å²) in [6.45, 7) is 0. The molecule has 3 nitrogen and oxygen atoms in total. The van der Waals surface area contributed by atoms with Gasteiger partial charge in [0.1, 0.15) is 10.9 Å². The Morgan fingerprint density at radius 1 is 1.12 bits per heavy atom. The summed E-state index contributed by atoms with van der Waals surface area (Å²) in [7, 11) is 3.26. The lowest BCUT2D eigenvalue weighted by molar-refractivity contribution is 0.415. The van der Waals surface area contributed by atoms with Crippen molar-refractivity contribution in [2.24, 2.45) is 7.05 Å². The van der Waals surface area contributed by atoms with E-state index in [0.29, 0.717) is 5.15 Å². The topological polar surface area (TPSA) is 31.2 Å². The number of halogens is 1. The molecule has 0 saturated carbocycles. The molecular formula is C13H12ClNO2. The van der Waals surface area contributed by atoms with E-state index in [1.165, 1.54) is 4.57 Å². The van der Waals surface area contributed by atoms with Gasteiger partial charge in [-0.15, -0.1) is 0 Å². The quantitative estimate of drug-likeness (QED) is 0.767. The molecule has 2 aromatic rings. The van der Waals surface area contributed by atoms with Gasteiger partial charge in [-0.3, -0.25) is 4.79 Å². The van der Waals surface area contributed by atoms with Crippen LogP contribution in [0, 0.1) is 0 Å². The van der Waals surface area contributed by atoms with Gasteiger partial charge >= 0.3 is 0 Å². The summed E-state index contributed by atoms with van der Waals surface area (Å²) >= 11 is 5.97. The van der Waals surface area contributed by atoms with Gasteiger partial charge in [0.2, 0.25) is 0 Å². The molecule has 0 N–H and O–H groups in total. The maximum absolute atomic E-state index is 11.6. The maximum Gasteiger partial charge on any atom is 0.252 e. The van der Waals surface area contributed by atoms with Crippen molar-refractivity contribution in [1.29, 1.82) is 0 Å². The first-order valence-corrected chi connectivity index (χ1v) is 5.50. The van der Waals surface area contributed by atoms with Crippen LogP contribution in [0.4, 0.5) is 0 Å². The smallest absolute Gasteiger partial charge is 0.252 e. The predicted molar refractivity (Wildman–Crippen MR) is 68.7 cm³/mol. The Hall–Kier alpha value is -1.74. The molecule has 0 radical (unpaired) electrons. The summed E-state index contributed by atoms with van der Waals surface area (Å²) < 4.78 is 6.48. The molecule has 1 heterocycles. The molecule has 0 spiro atoms. The summed E-state index contributed by atoms with van der Waals surface area (Å²) in [5.41, 5.74) is 1.62. The Bertz CT molecular complexity index is 587. The van der Waals surface area contributed by atoms with E-state index in [0.717, 1.165) is 16.9 Å². The summed E-state index contributed by atoms with van der Waals surface area (Å²) in [5.74, 6) is 0.781. The Labute approximate surface area is 104 Å². The van der Waals surface area contributed by atoms with E-state index in [-0.39, 0.29) is 5.56 Å². The molecule has 0 saturated heterocycles. The van der Waals surface area contributed by atoms with Crippen LogP contribution in [-0.2, 0) is 7.05 Å². The minimum Gasteiger partial charge on any atom is -0.497 e. The first kappa shape index (κ1) is 11.7. The van der Waals surface area contributed by atoms with E-state index in [1.54, 1.807) is 26.3 Å². The first-order chi connectivity index (χ1) is 8.11.